The van der Waals surface area contributed by atoms with Crippen LogP contribution in [0.15, 0.2) is 12.4 Å². The number of amides is 2. The lowest BCUT2D eigenvalue weighted by atomic mass is 10.5. The average molecular weight is 213 g/mol. The quantitative estimate of drug-likeness (QED) is 0.484. The zero-order chi connectivity index (χ0) is 11.1. The number of nitrogens with zero attached hydrogens (tertiary/aromatic N) is 2. The van der Waals surface area contributed by atoms with Crippen molar-refractivity contribution in [3.8, 4) is 0 Å². The molecule has 0 aliphatic rings. The van der Waals surface area contributed by atoms with Crippen LogP contribution < -0.4 is 16.0 Å². The Bertz CT molecular complexity index is 333. The third-order valence-corrected chi connectivity index (χ3v) is 1.58. The number of halogens is 1. The molecule has 0 saturated carbocycles. The van der Waals surface area contributed by atoms with Gasteiger partial charge in [-0.15, -0.1) is 0 Å². The van der Waals surface area contributed by atoms with Crippen LogP contribution in [0, 0.1) is 5.95 Å². The van der Waals surface area contributed by atoms with E-state index >= 15 is 0 Å². The lowest BCUT2D eigenvalue weighted by molar-refractivity contribution is 0.243. The molecule has 0 aliphatic carbocycles. The number of carbonyl (C=O) groups excluding carboxylic acids is 1. The van der Waals surface area contributed by atoms with Crippen molar-refractivity contribution in [2.24, 2.45) is 0 Å². The highest BCUT2D eigenvalue weighted by Gasteiger charge is 1.97. The number of urea groups is 1. The van der Waals surface area contributed by atoms with Gasteiger partial charge in [-0.25, -0.2) is 14.8 Å². The summed E-state index contributed by atoms with van der Waals surface area (Å²) in [6.07, 6.45) is 1.13. The molecule has 0 bridgehead atoms. The second kappa shape index (κ2) is 5.74. The fraction of sp³-hybridized carbons (Fsp3) is 0.375. The number of rotatable bonds is 4. The van der Waals surface area contributed by atoms with Crippen molar-refractivity contribution >= 4 is 11.8 Å². The van der Waals surface area contributed by atoms with E-state index in [-0.39, 0.29) is 6.03 Å². The topological polar surface area (TPSA) is 78.9 Å². The van der Waals surface area contributed by atoms with Crippen molar-refractivity contribution in [1.29, 1.82) is 0 Å². The van der Waals surface area contributed by atoms with Gasteiger partial charge in [0, 0.05) is 26.2 Å². The van der Waals surface area contributed by atoms with Gasteiger partial charge in [0.1, 0.15) is 12.1 Å². The second-order valence-corrected chi connectivity index (χ2v) is 2.66. The van der Waals surface area contributed by atoms with Gasteiger partial charge >= 0.3 is 6.03 Å². The Balaban J connectivity index is 2.23. The first-order valence-corrected chi connectivity index (χ1v) is 4.39. The number of nitrogens with one attached hydrogen (secondary N) is 3. The zero-order valence-corrected chi connectivity index (χ0v) is 8.25. The van der Waals surface area contributed by atoms with Gasteiger partial charge in [0.15, 0.2) is 0 Å². The molecule has 0 aromatic carbocycles. The highest BCUT2D eigenvalue weighted by atomic mass is 19.1. The average Bonchev–Trinajstić information content (AvgIpc) is 2.24. The predicted octanol–water partition coefficient (Wildman–Crippen LogP) is -0.0434. The van der Waals surface area contributed by atoms with Gasteiger partial charge in [0.2, 0.25) is 5.95 Å². The zero-order valence-electron chi connectivity index (χ0n) is 8.25. The van der Waals surface area contributed by atoms with Gasteiger partial charge in [0.05, 0.1) is 0 Å². The molecule has 1 heterocycles. The first kappa shape index (κ1) is 11.2. The van der Waals surface area contributed by atoms with Crippen LogP contribution in [0.25, 0.3) is 0 Å². The van der Waals surface area contributed by atoms with Crippen molar-refractivity contribution in [2.75, 3.05) is 25.5 Å². The van der Waals surface area contributed by atoms with Crippen LogP contribution in [0.1, 0.15) is 0 Å². The molecule has 1 aromatic heterocycles. The standard InChI is InChI=1S/C8H12FN5O/c1-10-8(15)12-3-2-11-7-4-6(9)13-5-14-7/h4-5H,2-3H2,1H3,(H2,10,12,15)(H,11,13,14). The summed E-state index contributed by atoms with van der Waals surface area (Å²) < 4.78 is 12.6. The molecule has 6 nitrogen and oxygen atoms in total. The smallest absolute Gasteiger partial charge is 0.314 e. The number of carbonyl (C=O) groups is 1. The van der Waals surface area contributed by atoms with Crippen LogP contribution in [0.4, 0.5) is 15.0 Å². The molecule has 0 spiro atoms. The minimum absolute atomic E-state index is 0.259. The van der Waals surface area contributed by atoms with Crippen molar-refractivity contribution in [1.82, 2.24) is 20.6 Å². The van der Waals surface area contributed by atoms with Crippen LogP contribution >= 0.6 is 0 Å². The lowest BCUT2D eigenvalue weighted by Crippen LogP contribution is -2.35. The van der Waals surface area contributed by atoms with Crippen molar-refractivity contribution in [2.45, 2.75) is 0 Å². The summed E-state index contributed by atoms with van der Waals surface area (Å²) in [5.41, 5.74) is 0. The molecule has 3 N–H and O–H groups in total. The third-order valence-electron chi connectivity index (χ3n) is 1.58. The van der Waals surface area contributed by atoms with Crippen LogP contribution in [0.3, 0.4) is 0 Å². The molecular formula is C8H12FN5O. The number of aromatic nitrogens is 2. The van der Waals surface area contributed by atoms with Gasteiger partial charge in [-0.1, -0.05) is 0 Å². The Hall–Kier alpha value is -1.92. The summed E-state index contributed by atoms with van der Waals surface area (Å²) in [5.74, 6) is -0.201. The number of hydrogen-bond donors (Lipinski definition) is 3. The predicted molar refractivity (Wildman–Crippen MR) is 52.9 cm³/mol. The molecule has 1 rings (SSSR count). The summed E-state index contributed by atoms with van der Waals surface area (Å²) >= 11 is 0. The van der Waals surface area contributed by atoms with E-state index in [0.29, 0.717) is 18.9 Å². The molecule has 0 aliphatic heterocycles. The Labute approximate surface area is 86.3 Å². The fourth-order valence-electron chi connectivity index (χ4n) is 0.885. The van der Waals surface area contributed by atoms with Crippen LogP contribution in [0.5, 0.6) is 0 Å². The molecule has 7 heteroatoms. The first-order valence-electron chi connectivity index (χ1n) is 4.39. The van der Waals surface area contributed by atoms with E-state index in [0.717, 1.165) is 6.33 Å². The molecule has 0 saturated heterocycles. The maximum absolute atomic E-state index is 12.6. The molecule has 0 unspecified atom stereocenters. The summed E-state index contributed by atoms with van der Waals surface area (Å²) in [7, 11) is 1.53. The molecule has 15 heavy (non-hydrogen) atoms. The Morgan fingerprint density at radius 1 is 1.47 bits per heavy atom. The summed E-state index contributed by atoms with van der Waals surface area (Å²) in [5, 5.41) is 7.81. The molecule has 0 atom stereocenters. The highest BCUT2D eigenvalue weighted by Crippen LogP contribution is 2.00. The van der Waals surface area contributed by atoms with E-state index < -0.39 is 5.95 Å². The van der Waals surface area contributed by atoms with E-state index in [4.69, 9.17) is 0 Å². The molecule has 82 valence electrons. The first-order chi connectivity index (χ1) is 7.22. The van der Waals surface area contributed by atoms with Crippen LogP contribution in [-0.2, 0) is 0 Å². The van der Waals surface area contributed by atoms with Gasteiger partial charge in [-0.2, -0.15) is 4.39 Å². The Morgan fingerprint density at radius 3 is 2.93 bits per heavy atom. The van der Waals surface area contributed by atoms with E-state index in [9.17, 15) is 9.18 Å². The van der Waals surface area contributed by atoms with E-state index in [1.165, 1.54) is 13.1 Å². The fourth-order valence-corrected chi connectivity index (χ4v) is 0.885. The van der Waals surface area contributed by atoms with E-state index in [1.807, 2.05) is 0 Å². The maximum Gasteiger partial charge on any atom is 0.314 e. The molecule has 1 aromatic rings. The lowest BCUT2D eigenvalue weighted by Gasteiger charge is -2.06. The molecule has 0 fully saturated rings. The monoisotopic (exact) mass is 213 g/mol. The third kappa shape index (κ3) is 4.21. The molecule has 0 radical (unpaired) electrons. The van der Waals surface area contributed by atoms with E-state index in [1.54, 1.807) is 0 Å². The SMILES string of the molecule is CNC(=O)NCCNc1cc(F)ncn1. The summed E-state index contributed by atoms with van der Waals surface area (Å²) in [6.45, 7) is 0.884. The van der Waals surface area contributed by atoms with Crippen molar-refractivity contribution in [3.05, 3.63) is 18.3 Å². The minimum Gasteiger partial charge on any atom is -0.368 e. The second-order valence-electron chi connectivity index (χ2n) is 2.66. The maximum atomic E-state index is 12.6. The van der Waals surface area contributed by atoms with Crippen LogP contribution in [0.2, 0.25) is 0 Å². The minimum atomic E-state index is -0.591. The number of hydrogen-bond acceptors (Lipinski definition) is 4. The summed E-state index contributed by atoms with van der Waals surface area (Å²) in [6, 6.07) is 0.922. The van der Waals surface area contributed by atoms with Gasteiger partial charge < -0.3 is 16.0 Å². The Kier molecular flexibility index (Phi) is 4.27. The molecule has 2 amide bonds. The Morgan fingerprint density at radius 2 is 2.27 bits per heavy atom. The summed E-state index contributed by atoms with van der Waals surface area (Å²) in [4.78, 5) is 17.8. The highest BCUT2D eigenvalue weighted by molar-refractivity contribution is 5.73. The van der Waals surface area contributed by atoms with Crippen LogP contribution in [-0.4, -0.2) is 36.1 Å². The van der Waals surface area contributed by atoms with Gasteiger partial charge in [-0.05, 0) is 0 Å². The largest absolute Gasteiger partial charge is 0.368 e. The molecular weight excluding hydrogens is 201 g/mol. The van der Waals surface area contributed by atoms with Crippen molar-refractivity contribution < 1.29 is 9.18 Å². The van der Waals surface area contributed by atoms with E-state index in [2.05, 4.69) is 25.9 Å². The van der Waals surface area contributed by atoms with Crippen molar-refractivity contribution in [3.63, 3.8) is 0 Å². The normalized spacial score (nSPS) is 9.47. The number of anilines is 1. The van der Waals surface area contributed by atoms with Gasteiger partial charge in [-0.3, -0.25) is 0 Å². The van der Waals surface area contributed by atoms with Gasteiger partial charge in [0.25, 0.3) is 0 Å².